The molecular weight excluding hydrogens is 482 g/mol. The SMILES string of the molecule is CCCCNc1ncc2c(-c3ccc(C4NCN=C(C)C4C(=O)OC)cc3)nn(C3CCC(O)CC3)c2n1. The molecule has 2 atom stereocenters. The number of aliphatic hydroxyl groups is 1. The monoisotopic (exact) mass is 519 g/mol. The highest BCUT2D eigenvalue weighted by Gasteiger charge is 2.35. The van der Waals surface area contributed by atoms with Crippen LogP contribution in [0, 0.1) is 5.92 Å². The molecule has 1 aliphatic heterocycles. The minimum atomic E-state index is -0.465. The molecule has 10 nitrogen and oxygen atoms in total. The van der Waals surface area contributed by atoms with Gasteiger partial charge in [-0.3, -0.25) is 15.1 Å². The van der Waals surface area contributed by atoms with Crippen molar-refractivity contribution >= 4 is 28.7 Å². The first-order chi connectivity index (χ1) is 18.5. The number of hydrogen-bond acceptors (Lipinski definition) is 9. The maximum absolute atomic E-state index is 12.5. The van der Waals surface area contributed by atoms with Crippen molar-refractivity contribution in [1.82, 2.24) is 25.1 Å². The zero-order valence-electron chi connectivity index (χ0n) is 22.4. The fourth-order valence-corrected chi connectivity index (χ4v) is 5.47. The minimum absolute atomic E-state index is 0.182. The number of anilines is 1. The van der Waals surface area contributed by atoms with Crippen molar-refractivity contribution in [2.75, 3.05) is 25.6 Å². The zero-order chi connectivity index (χ0) is 26.6. The summed E-state index contributed by atoms with van der Waals surface area (Å²) in [5.41, 5.74) is 4.36. The van der Waals surface area contributed by atoms with E-state index in [1.807, 2.05) is 42.1 Å². The highest BCUT2D eigenvalue weighted by molar-refractivity contribution is 6.02. The topological polar surface area (TPSA) is 127 Å². The van der Waals surface area contributed by atoms with Gasteiger partial charge < -0.3 is 15.2 Å². The second-order valence-corrected chi connectivity index (χ2v) is 10.2. The van der Waals surface area contributed by atoms with Crippen molar-refractivity contribution in [3.8, 4) is 11.3 Å². The fraction of sp³-hybridized carbons (Fsp3) is 0.536. The third kappa shape index (κ3) is 5.28. The Morgan fingerprint density at radius 3 is 2.68 bits per heavy atom. The Morgan fingerprint density at radius 1 is 1.21 bits per heavy atom. The number of hydrogen-bond donors (Lipinski definition) is 3. The molecular formula is C28H37N7O3. The predicted octanol–water partition coefficient (Wildman–Crippen LogP) is 4.03. The molecule has 0 saturated heterocycles. The number of unbranched alkanes of at least 4 members (excludes halogenated alkanes) is 1. The van der Waals surface area contributed by atoms with Crippen molar-refractivity contribution in [3.05, 3.63) is 36.0 Å². The van der Waals surface area contributed by atoms with Crippen LogP contribution in [0.4, 0.5) is 5.95 Å². The number of nitrogens with one attached hydrogen (secondary N) is 2. The van der Waals surface area contributed by atoms with E-state index < -0.39 is 5.92 Å². The average Bonchev–Trinajstić information content (AvgIpc) is 3.32. The number of esters is 1. The number of ether oxygens (including phenoxy) is 1. The van der Waals surface area contributed by atoms with Crippen molar-refractivity contribution in [2.24, 2.45) is 10.9 Å². The Hall–Kier alpha value is -3.37. The first-order valence-electron chi connectivity index (χ1n) is 13.6. The maximum Gasteiger partial charge on any atom is 0.316 e. The molecule has 0 spiro atoms. The van der Waals surface area contributed by atoms with Gasteiger partial charge in [0.1, 0.15) is 11.6 Å². The van der Waals surface area contributed by atoms with Crippen LogP contribution in [-0.2, 0) is 9.53 Å². The number of aliphatic imine (C=N–C) groups is 1. The quantitative estimate of drug-likeness (QED) is 0.301. The number of rotatable bonds is 8. The molecule has 2 unspecified atom stereocenters. The van der Waals surface area contributed by atoms with E-state index >= 15 is 0 Å². The van der Waals surface area contributed by atoms with Gasteiger partial charge in [-0.2, -0.15) is 10.1 Å². The molecule has 202 valence electrons. The van der Waals surface area contributed by atoms with Gasteiger partial charge in [0.05, 0.1) is 37.4 Å². The van der Waals surface area contributed by atoms with Gasteiger partial charge in [0.15, 0.2) is 5.65 Å². The highest BCUT2D eigenvalue weighted by atomic mass is 16.5. The van der Waals surface area contributed by atoms with Crippen LogP contribution in [-0.4, -0.2) is 63.0 Å². The average molecular weight is 520 g/mol. The van der Waals surface area contributed by atoms with Crippen molar-refractivity contribution in [3.63, 3.8) is 0 Å². The second-order valence-electron chi connectivity index (χ2n) is 10.2. The summed E-state index contributed by atoms with van der Waals surface area (Å²) in [4.78, 5) is 26.3. The number of aliphatic hydroxyl groups excluding tert-OH is 1. The Bertz CT molecular complexity index is 1300. The van der Waals surface area contributed by atoms with E-state index in [1.54, 1.807) is 0 Å². The molecule has 1 aromatic carbocycles. The summed E-state index contributed by atoms with van der Waals surface area (Å²) in [5, 5.41) is 22.7. The van der Waals surface area contributed by atoms with E-state index in [9.17, 15) is 9.90 Å². The van der Waals surface area contributed by atoms with Gasteiger partial charge in [0.2, 0.25) is 5.95 Å². The smallest absolute Gasteiger partial charge is 0.316 e. The summed E-state index contributed by atoms with van der Waals surface area (Å²) < 4.78 is 7.09. The molecule has 0 radical (unpaired) electrons. The predicted molar refractivity (Wildman–Crippen MR) is 147 cm³/mol. The first-order valence-corrected chi connectivity index (χ1v) is 13.6. The molecule has 1 aliphatic carbocycles. The van der Waals surface area contributed by atoms with Crippen LogP contribution < -0.4 is 10.6 Å². The third-order valence-electron chi connectivity index (χ3n) is 7.70. The number of carbonyl (C=O) groups is 1. The molecule has 5 rings (SSSR count). The summed E-state index contributed by atoms with van der Waals surface area (Å²) in [6.07, 6.45) is 7.03. The van der Waals surface area contributed by atoms with Crippen molar-refractivity contribution in [2.45, 2.75) is 70.6 Å². The van der Waals surface area contributed by atoms with Gasteiger partial charge in [0, 0.05) is 24.0 Å². The van der Waals surface area contributed by atoms with Gasteiger partial charge in [-0.25, -0.2) is 9.67 Å². The van der Waals surface area contributed by atoms with Crippen LogP contribution in [0.3, 0.4) is 0 Å². The van der Waals surface area contributed by atoms with Crippen LogP contribution >= 0.6 is 0 Å². The van der Waals surface area contributed by atoms with Crippen molar-refractivity contribution < 1.29 is 14.6 Å². The Balaban J connectivity index is 1.49. The normalized spacial score (nSPS) is 23.7. The molecule has 0 amide bonds. The molecule has 3 aromatic rings. The van der Waals surface area contributed by atoms with Gasteiger partial charge in [-0.1, -0.05) is 37.6 Å². The highest BCUT2D eigenvalue weighted by Crippen LogP contribution is 2.35. The second kappa shape index (κ2) is 11.6. The van der Waals surface area contributed by atoms with E-state index in [0.717, 1.165) is 78.6 Å². The fourth-order valence-electron chi connectivity index (χ4n) is 5.47. The number of aromatic nitrogens is 4. The van der Waals surface area contributed by atoms with Crippen LogP contribution in [0.15, 0.2) is 35.5 Å². The molecule has 1 saturated carbocycles. The first kappa shape index (κ1) is 26.2. The standard InChI is InChI=1S/C28H37N7O3/c1-4-5-14-29-28-30-15-22-24(34-35(26(22)33-28)20-10-12-21(36)13-11-20)18-6-8-19(9-7-18)25-23(27(37)38-3)17(2)31-16-32-25/h6-9,15,20-21,23,25,32,36H,4-5,10-14,16H2,1-3H3,(H,29,30,33). The van der Waals surface area contributed by atoms with Crippen LogP contribution in [0.25, 0.3) is 22.3 Å². The molecule has 38 heavy (non-hydrogen) atoms. The third-order valence-corrected chi connectivity index (χ3v) is 7.70. The van der Waals surface area contributed by atoms with E-state index in [2.05, 4.69) is 27.5 Å². The molecule has 3 N–H and O–H groups in total. The van der Waals surface area contributed by atoms with Crippen LogP contribution in [0.1, 0.15) is 70.0 Å². The zero-order valence-corrected chi connectivity index (χ0v) is 22.4. The molecule has 0 bridgehead atoms. The lowest BCUT2D eigenvalue weighted by Gasteiger charge is -2.30. The number of benzene rings is 1. The maximum atomic E-state index is 12.5. The largest absolute Gasteiger partial charge is 0.468 e. The van der Waals surface area contributed by atoms with Gasteiger partial charge in [0.25, 0.3) is 0 Å². The molecule has 3 heterocycles. The van der Waals surface area contributed by atoms with E-state index in [-0.39, 0.29) is 24.2 Å². The van der Waals surface area contributed by atoms with Gasteiger partial charge >= 0.3 is 5.97 Å². The molecule has 2 aromatic heterocycles. The minimum Gasteiger partial charge on any atom is -0.468 e. The van der Waals surface area contributed by atoms with E-state index in [1.165, 1.54) is 7.11 Å². The Kier molecular flexibility index (Phi) is 7.99. The lowest BCUT2D eigenvalue weighted by molar-refractivity contribution is -0.144. The Labute approximate surface area is 222 Å². The molecule has 10 heteroatoms. The summed E-state index contributed by atoms with van der Waals surface area (Å²) in [6.45, 7) is 5.32. The number of methoxy groups -OCH3 is 1. The number of nitrogens with zero attached hydrogens (tertiary/aromatic N) is 5. The van der Waals surface area contributed by atoms with E-state index in [0.29, 0.717) is 12.6 Å². The summed E-state index contributed by atoms with van der Waals surface area (Å²) in [7, 11) is 1.41. The van der Waals surface area contributed by atoms with Crippen molar-refractivity contribution in [1.29, 1.82) is 0 Å². The van der Waals surface area contributed by atoms with Gasteiger partial charge in [-0.05, 0) is 44.6 Å². The number of carbonyl (C=O) groups excluding carboxylic acids is 1. The van der Waals surface area contributed by atoms with E-state index in [4.69, 9.17) is 14.8 Å². The summed E-state index contributed by atoms with van der Waals surface area (Å²) in [5.74, 6) is -0.150. The Morgan fingerprint density at radius 2 is 1.97 bits per heavy atom. The van der Waals surface area contributed by atoms with Crippen LogP contribution in [0.5, 0.6) is 0 Å². The lowest BCUT2D eigenvalue weighted by atomic mass is 9.88. The lowest BCUT2D eigenvalue weighted by Crippen LogP contribution is -2.41. The molecule has 1 fully saturated rings. The summed E-state index contributed by atoms with van der Waals surface area (Å²) in [6, 6.07) is 8.11. The number of fused-ring (bicyclic) bond motifs is 1. The van der Waals surface area contributed by atoms with Gasteiger partial charge in [-0.15, -0.1) is 0 Å². The van der Waals surface area contributed by atoms with Crippen LogP contribution in [0.2, 0.25) is 0 Å². The summed E-state index contributed by atoms with van der Waals surface area (Å²) >= 11 is 0. The molecule has 2 aliphatic rings.